The van der Waals surface area contributed by atoms with E-state index < -0.39 is 0 Å². The van der Waals surface area contributed by atoms with Gasteiger partial charge in [0.2, 0.25) is 0 Å². The Bertz CT molecular complexity index is 591. The second-order valence-corrected chi connectivity index (χ2v) is 6.10. The molecule has 2 unspecified atom stereocenters. The van der Waals surface area contributed by atoms with E-state index in [1.54, 1.807) is 6.07 Å². The minimum Gasteiger partial charge on any atom is -0.323 e. The molecule has 2 N–H and O–H groups in total. The van der Waals surface area contributed by atoms with Crippen molar-refractivity contribution in [2.75, 3.05) is 5.75 Å². The van der Waals surface area contributed by atoms with Crippen molar-refractivity contribution in [3.63, 3.8) is 0 Å². The van der Waals surface area contributed by atoms with E-state index in [0.29, 0.717) is 0 Å². The van der Waals surface area contributed by atoms with Crippen molar-refractivity contribution in [2.24, 2.45) is 5.73 Å². The molecule has 1 nitrogen and oxygen atoms in total. The predicted octanol–water partition coefficient (Wildman–Crippen LogP) is 4.02. The Labute approximate surface area is 117 Å². The van der Waals surface area contributed by atoms with Gasteiger partial charge in [-0.15, -0.1) is 11.8 Å². The van der Waals surface area contributed by atoms with Crippen LogP contribution in [0, 0.1) is 12.7 Å². The molecule has 2 aromatic carbocycles. The van der Waals surface area contributed by atoms with Gasteiger partial charge in [0.15, 0.2) is 0 Å². The topological polar surface area (TPSA) is 26.0 Å². The van der Waals surface area contributed by atoms with Crippen molar-refractivity contribution in [1.82, 2.24) is 0 Å². The van der Waals surface area contributed by atoms with Crippen LogP contribution in [0.2, 0.25) is 0 Å². The van der Waals surface area contributed by atoms with E-state index in [9.17, 15) is 4.39 Å². The molecule has 0 aliphatic carbocycles. The quantitative estimate of drug-likeness (QED) is 0.894. The summed E-state index contributed by atoms with van der Waals surface area (Å²) in [6.45, 7) is 1.90. The SMILES string of the molecule is Cc1cc(F)cc(C(N)C2CSc3ccccc32)c1. The number of hydrogen-bond donors (Lipinski definition) is 1. The second kappa shape index (κ2) is 4.99. The number of rotatable bonds is 2. The van der Waals surface area contributed by atoms with Crippen LogP contribution < -0.4 is 5.73 Å². The molecule has 1 heterocycles. The molecule has 3 rings (SSSR count). The highest BCUT2D eigenvalue weighted by Gasteiger charge is 2.29. The van der Waals surface area contributed by atoms with Crippen molar-refractivity contribution >= 4 is 11.8 Å². The second-order valence-electron chi connectivity index (χ2n) is 5.04. The van der Waals surface area contributed by atoms with E-state index in [4.69, 9.17) is 5.73 Å². The standard InChI is InChI=1S/C16H16FNS/c1-10-6-11(8-12(17)7-10)16(18)14-9-19-15-5-3-2-4-13(14)15/h2-8,14,16H,9,18H2,1H3. The smallest absolute Gasteiger partial charge is 0.123 e. The molecule has 19 heavy (non-hydrogen) atoms. The summed E-state index contributed by atoms with van der Waals surface area (Å²) in [6.07, 6.45) is 0. The lowest BCUT2D eigenvalue weighted by Gasteiger charge is -2.20. The maximum atomic E-state index is 13.5. The number of benzene rings is 2. The highest BCUT2D eigenvalue weighted by molar-refractivity contribution is 7.99. The normalized spacial score (nSPS) is 19.2. The summed E-state index contributed by atoms with van der Waals surface area (Å²) in [5.74, 6) is 1.03. The minimum absolute atomic E-state index is 0.148. The molecule has 0 saturated carbocycles. The lowest BCUT2D eigenvalue weighted by Crippen LogP contribution is -2.20. The van der Waals surface area contributed by atoms with Crippen LogP contribution >= 0.6 is 11.8 Å². The van der Waals surface area contributed by atoms with Crippen LogP contribution in [0.1, 0.15) is 28.7 Å². The molecule has 1 aliphatic rings. The first-order chi connectivity index (χ1) is 9.15. The first-order valence-corrected chi connectivity index (χ1v) is 7.38. The lowest BCUT2D eigenvalue weighted by atomic mass is 9.88. The van der Waals surface area contributed by atoms with Gasteiger partial charge in [0.1, 0.15) is 5.82 Å². The predicted molar refractivity (Wildman–Crippen MR) is 78.0 cm³/mol. The van der Waals surface area contributed by atoms with E-state index in [1.165, 1.54) is 16.5 Å². The van der Waals surface area contributed by atoms with Crippen molar-refractivity contribution in [3.8, 4) is 0 Å². The van der Waals surface area contributed by atoms with Gasteiger partial charge in [0.25, 0.3) is 0 Å². The Balaban J connectivity index is 1.95. The minimum atomic E-state index is -0.204. The maximum Gasteiger partial charge on any atom is 0.123 e. The first-order valence-electron chi connectivity index (χ1n) is 6.39. The zero-order valence-electron chi connectivity index (χ0n) is 10.8. The van der Waals surface area contributed by atoms with Crippen LogP contribution in [-0.4, -0.2) is 5.75 Å². The van der Waals surface area contributed by atoms with E-state index in [0.717, 1.165) is 16.9 Å². The molecule has 0 radical (unpaired) electrons. The van der Waals surface area contributed by atoms with Crippen molar-refractivity contribution < 1.29 is 4.39 Å². The van der Waals surface area contributed by atoms with Gasteiger partial charge >= 0.3 is 0 Å². The van der Waals surface area contributed by atoms with Crippen LogP contribution in [0.25, 0.3) is 0 Å². The van der Waals surface area contributed by atoms with Gasteiger partial charge < -0.3 is 5.73 Å². The Morgan fingerprint density at radius 2 is 2.05 bits per heavy atom. The van der Waals surface area contributed by atoms with Gasteiger partial charge in [-0.1, -0.05) is 24.3 Å². The fourth-order valence-electron chi connectivity index (χ4n) is 2.67. The summed E-state index contributed by atoms with van der Waals surface area (Å²) in [6, 6.07) is 13.3. The van der Waals surface area contributed by atoms with E-state index >= 15 is 0 Å². The molecule has 0 aromatic heterocycles. The van der Waals surface area contributed by atoms with Crippen molar-refractivity contribution in [1.29, 1.82) is 0 Å². The molecule has 0 spiro atoms. The Kier molecular flexibility index (Phi) is 3.33. The fourth-order valence-corrected chi connectivity index (χ4v) is 3.98. The zero-order valence-corrected chi connectivity index (χ0v) is 11.6. The highest BCUT2D eigenvalue weighted by atomic mass is 32.2. The van der Waals surface area contributed by atoms with Crippen molar-refractivity contribution in [2.45, 2.75) is 23.8 Å². The van der Waals surface area contributed by atoms with Crippen molar-refractivity contribution in [3.05, 3.63) is 65.0 Å². The lowest BCUT2D eigenvalue weighted by molar-refractivity contribution is 0.588. The van der Waals surface area contributed by atoms with Gasteiger partial charge in [0.05, 0.1) is 0 Å². The summed E-state index contributed by atoms with van der Waals surface area (Å²) in [7, 11) is 0. The van der Waals surface area contributed by atoms with Crippen LogP contribution in [0.5, 0.6) is 0 Å². The fraction of sp³-hybridized carbons (Fsp3) is 0.250. The Hall–Kier alpha value is -1.32. The largest absolute Gasteiger partial charge is 0.323 e. The highest BCUT2D eigenvalue weighted by Crippen LogP contribution is 2.44. The Morgan fingerprint density at radius 3 is 2.84 bits per heavy atom. The van der Waals surface area contributed by atoms with Gasteiger partial charge in [-0.2, -0.15) is 0 Å². The Morgan fingerprint density at radius 1 is 1.26 bits per heavy atom. The molecule has 2 atom stereocenters. The average Bonchev–Trinajstić information content (AvgIpc) is 2.80. The molecule has 0 fully saturated rings. The third-order valence-electron chi connectivity index (χ3n) is 3.62. The van der Waals surface area contributed by atoms with E-state index in [-0.39, 0.29) is 17.8 Å². The van der Waals surface area contributed by atoms with Crippen LogP contribution in [0.3, 0.4) is 0 Å². The number of fused-ring (bicyclic) bond motifs is 1. The van der Waals surface area contributed by atoms with Crippen LogP contribution in [-0.2, 0) is 0 Å². The monoisotopic (exact) mass is 273 g/mol. The van der Waals surface area contributed by atoms with Gasteiger partial charge in [-0.05, 0) is 41.8 Å². The summed E-state index contributed by atoms with van der Waals surface area (Å²) in [5, 5.41) is 0. The number of halogens is 1. The van der Waals surface area contributed by atoms with Crippen LogP contribution in [0.15, 0.2) is 47.4 Å². The third-order valence-corrected chi connectivity index (χ3v) is 4.83. The summed E-state index contributed by atoms with van der Waals surface area (Å²) < 4.78 is 13.5. The maximum absolute atomic E-state index is 13.5. The summed E-state index contributed by atoms with van der Waals surface area (Å²) in [5.41, 5.74) is 9.48. The zero-order chi connectivity index (χ0) is 13.4. The average molecular weight is 273 g/mol. The molecule has 0 saturated heterocycles. The third kappa shape index (κ3) is 2.40. The molecule has 1 aliphatic heterocycles. The molecule has 2 aromatic rings. The summed E-state index contributed by atoms with van der Waals surface area (Å²) >= 11 is 1.83. The molecular weight excluding hydrogens is 257 g/mol. The molecular formula is C16H16FNS. The van der Waals surface area contributed by atoms with Gasteiger partial charge in [0, 0.05) is 22.6 Å². The van der Waals surface area contributed by atoms with Gasteiger partial charge in [-0.25, -0.2) is 4.39 Å². The van der Waals surface area contributed by atoms with E-state index in [1.807, 2.05) is 36.9 Å². The molecule has 0 bridgehead atoms. The number of aryl methyl sites for hydroxylation is 1. The van der Waals surface area contributed by atoms with E-state index in [2.05, 4.69) is 12.1 Å². The van der Waals surface area contributed by atoms with Gasteiger partial charge in [-0.3, -0.25) is 0 Å². The number of thioether (sulfide) groups is 1. The molecule has 0 amide bonds. The first kappa shape index (κ1) is 12.7. The molecule has 3 heteroatoms. The number of nitrogens with two attached hydrogens (primary N) is 1. The summed E-state index contributed by atoms with van der Waals surface area (Å²) in [4.78, 5) is 1.30. The van der Waals surface area contributed by atoms with Crippen LogP contribution in [0.4, 0.5) is 4.39 Å². The molecule has 98 valence electrons. The number of hydrogen-bond acceptors (Lipinski definition) is 2.